The van der Waals surface area contributed by atoms with Gasteiger partial charge in [-0.2, -0.15) is 0 Å². The van der Waals surface area contributed by atoms with E-state index in [4.69, 9.17) is 10.5 Å². The summed E-state index contributed by atoms with van der Waals surface area (Å²) in [5, 5.41) is 3.13. The summed E-state index contributed by atoms with van der Waals surface area (Å²) in [7, 11) is 0. The van der Waals surface area contributed by atoms with Gasteiger partial charge in [0.25, 0.3) is 0 Å². The van der Waals surface area contributed by atoms with E-state index in [-0.39, 0.29) is 23.1 Å². The molecule has 1 saturated heterocycles. The van der Waals surface area contributed by atoms with Crippen molar-refractivity contribution in [1.82, 2.24) is 5.32 Å². The molecule has 0 bridgehead atoms. The number of hydrogen-bond donors (Lipinski definition) is 2. The van der Waals surface area contributed by atoms with Gasteiger partial charge in [-0.15, -0.1) is 0 Å². The zero-order chi connectivity index (χ0) is 13.2. The molecule has 0 aromatic heterocycles. The Morgan fingerprint density at radius 2 is 2.06 bits per heavy atom. The van der Waals surface area contributed by atoms with Crippen LogP contribution in [0.4, 0.5) is 0 Å². The van der Waals surface area contributed by atoms with Crippen LogP contribution in [0.2, 0.25) is 0 Å². The normalized spacial score (nSPS) is 30.1. The first-order chi connectivity index (χ1) is 8.39. The van der Waals surface area contributed by atoms with Gasteiger partial charge in [0.15, 0.2) is 0 Å². The zero-order valence-corrected chi connectivity index (χ0v) is 11.6. The molecule has 4 nitrogen and oxygen atoms in total. The molecular formula is C14H26N2O2. The lowest BCUT2D eigenvalue weighted by molar-refractivity contribution is -0.125. The smallest absolute Gasteiger partial charge is 0.222 e. The van der Waals surface area contributed by atoms with Crippen LogP contribution in [0, 0.1) is 0 Å². The van der Waals surface area contributed by atoms with E-state index in [9.17, 15) is 4.79 Å². The lowest BCUT2D eigenvalue weighted by Crippen LogP contribution is -2.49. The molecule has 2 aliphatic rings. The number of hydrogen-bond acceptors (Lipinski definition) is 3. The Morgan fingerprint density at radius 3 is 2.67 bits per heavy atom. The second kappa shape index (κ2) is 5.17. The van der Waals surface area contributed by atoms with Crippen molar-refractivity contribution in [1.29, 1.82) is 0 Å². The van der Waals surface area contributed by atoms with Crippen molar-refractivity contribution < 1.29 is 9.53 Å². The molecule has 0 radical (unpaired) electrons. The summed E-state index contributed by atoms with van der Waals surface area (Å²) >= 11 is 0. The lowest BCUT2D eigenvalue weighted by Gasteiger charge is -2.36. The molecular weight excluding hydrogens is 228 g/mol. The monoisotopic (exact) mass is 254 g/mol. The highest BCUT2D eigenvalue weighted by molar-refractivity contribution is 5.77. The van der Waals surface area contributed by atoms with Crippen molar-refractivity contribution in [3.05, 3.63) is 0 Å². The molecule has 2 fully saturated rings. The van der Waals surface area contributed by atoms with Crippen molar-refractivity contribution in [2.24, 2.45) is 5.73 Å². The van der Waals surface area contributed by atoms with Crippen LogP contribution >= 0.6 is 0 Å². The summed E-state index contributed by atoms with van der Waals surface area (Å²) in [5.74, 6) is 0.113. The van der Waals surface area contributed by atoms with Crippen LogP contribution in [0.15, 0.2) is 0 Å². The van der Waals surface area contributed by atoms with Gasteiger partial charge in [-0.05, 0) is 39.5 Å². The number of ether oxygens (including phenoxy) is 1. The van der Waals surface area contributed by atoms with Crippen LogP contribution in [0.3, 0.4) is 0 Å². The summed E-state index contributed by atoms with van der Waals surface area (Å²) in [4.78, 5) is 12.1. The molecule has 1 aliphatic carbocycles. The first-order valence-electron chi connectivity index (χ1n) is 7.11. The van der Waals surface area contributed by atoms with Gasteiger partial charge in [-0.3, -0.25) is 4.79 Å². The van der Waals surface area contributed by atoms with E-state index in [2.05, 4.69) is 19.2 Å². The maximum atomic E-state index is 12.1. The number of carbonyl (C=O) groups is 1. The predicted octanol–water partition coefficient (Wildman–Crippen LogP) is 1.72. The fraction of sp³-hybridized carbons (Fsp3) is 0.929. The van der Waals surface area contributed by atoms with Crippen molar-refractivity contribution in [2.45, 2.75) is 76.0 Å². The van der Waals surface area contributed by atoms with Gasteiger partial charge >= 0.3 is 0 Å². The van der Waals surface area contributed by atoms with Crippen molar-refractivity contribution in [2.75, 3.05) is 6.61 Å². The minimum absolute atomic E-state index is 0.113. The van der Waals surface area contributed by atoms with E-state index in [1.54, 1.807) is 0 Å². The van der Waals surface area contributed by atoms with E-state index in [1.165, 1.54) is 0 Å². The highest BCUT2D eigenvalue weighted by Crippen LogP contribution is 2.30. The fourth-order valence-electron chi connectivity index (χ4n) is 3.21. The summed E-state index contributed by atoms with van der Waals surface area (Å²) in [5.41, 5.74) is 5.87. The summed E-state index contributed by atoms with van der Waals surface area (Å²) < 4.78 is 5.65. The van der Waals surface area contributed by atoms with Crippen LogP contribution in [0.1, 0.15) is 58.8 Å². The second-order valence-corrected chi connectivity index (χ2v) is 6.61. The van der Waals surface area contributed by atoms with Crippen LogP contribution in [-0.4, -0.2) is 29.7 Å². The lowest BCUT2D eigenvalue weighted by atomic mass is 9.92. The third-order valence-electron chi connectivity index (χ3n) is 4.17. The molecule has 0 spiro atoms. The van der Waals surface area contributed by atoms with Gasteiger partial charge in [0.1, 0.15) is 0 Å². The van der Waals surface area contributed by atoms with Gasteiger partial charge in [0.05, 0.1) is 5.60 Å². The molecule has 4 heteroatoms. The molecule has 1 amide bonds. The Bertz CT molecular complexity index is 309. The van der Waals surface area contributed by atoms with E-state index in [1.807, 2.05) is 0 Å². The topological polar surface area (TPSA) is 64.4 Å². The van der Waals surface area contributed by atoms with E-state index < -0.39 is 0 Å². The average Bonchev–Trinajstić information content (AvgIpc) is 2.62. The summed E-state index contributed by atoms with van der Waals surface area (Å²) in [6, 6.07) is 0.242. The number of rotatable bonds is 3. The molecule has 18 heavy (non-hydrogen) atoms. The van der Waals surface area contributed by atoms with E-state index in [0.29, 0.717) is 6.42 Å². The molecule has 0 aromatic carbocycles. The van der Waals surface area contributed by atoms with Gasteiger partial charge in [0, 0.05) is 24.6 Å². The molecule has 104 valence electrons. The SMILES string of the molecule is CC1(C)CC(NC(=O)CC2(N)CCCC2)CCO1. The molecule has 1 unspecified atom stereocenters. The highest BCUT2D eigenvalue weighted by atomic mass is 16.5. The largest absolute Gasteiger partial charge is 0.375 e. The van der Waals surface area contributed by atoms with Crippen LogP contribution in [-0.2, 0) is 9.53 Å². The Kier molecular flexibility index (Phi) is 3.97. The van der Waals surface area contributed by atoms with E-state index >= 15 is 0 Å². The Hall–Kier alpha value is -0.610. The van der Waals surface area contributed by atoms with Crippen molar-refractivity contribution in [3.8, 4) is 0 Å². The average molecular weight is 254 g/mol. The molecule has 1 heterocycles. The fourth-order valence-corrected chi connectivity index (χ4v) is 3.21. The number of carbonyl (C=O) groups excluding carboxylic acids is 1. The highest BCUT2D eigenvalue weighted by Gasteiger charge is 2.34. The summed E-state index contributed by atoms with van der Waals surface area (Å²) in [6.07, 6.45) is 6.56. The Labute approximate surface area is 110 Å². The maximum absolute atomic E-state index is 12.1. The van der Waals surface area contributed by atoms with Gasteiger partial charge in [-0.1, -0.05) is 12.8 Å². The Morgan fingerprint density at radius 1 is 1.39 bits per heavy atom. The standard InChI is InChI=1S/C14H26N2O2/c1-13(2)9-11(5-8-18-13)16-12(17)10-14(15)6-3-4-7-14/h11H,3-10,15H2,1-2H3,(H,16,17). The molecule has 1 saturated carbocycles. The first-order valence-corrected chi connectivity index (χ1v) is 7.11. The number of amides is 1. The summed E-state index contributed by atoms with van der Waals surface area (Å²) in [6.45, 7) is 4.88. The van der Waals surface area contributed by atoms with Crippen LogP contribution in [0.5, 0.6) is 0 Å². The third-order valence-corrected chi connectivity index (χ3v) is 4.17. The minimum atomic E-state index is -0.245. The van der Waals surface area contributed by atoms with Gasteiger partial charge in [0.2, 0.25) is 5.91 Å². The molecule has 3 N–H and O–H groups in total. The predicted molar refractivity (Wildman–Crippen MR) is 71.2 cm³/mol. The maximum Gasteiger partial charge on any atom is 0.222 e. The second-order valence-electron chi connectivity index (χ2n) is 6.61. The van der Waals surface area contributed by atoms with Crippen LogP contribution < -0.4 is 11.1 Å². The molecule has 2 rings (SSSR count). The molecule has 1 aliphatic heterocycles. The first kappa shape index (κ1) is 13.8. The molecule has 0 aromatic rings. The molecule has 1 atom stereocenters. The minimum Gasteiger partial charge on any atom is -0.375 e. The van der Waals surface area contributed by atoms with E-state index in [0.717, 1.165) is 45.1 Å². The number of nitrogens with one attached hydrogen (secondary N) is 1. The van der Waals surface area contributed by atoms with Gasteiger partial charge < -0.3 is 15.8 Å². The van der Waals surface area contributed by atoms with Crippen molar-refractivity contribution >= 4 is 5.91 Å². The quantitative estimate of drug-likeness (QED) is 0.806. The van der Waals surface area contributed by atoms with Crippen LogP contribution in [0.25, 0.3) is 0 Å². The third kappa shape index (κ3) is 3.69. The van der Waals surface area contributed by atoms with Crippen molar-refractivity contribution in [3.63, 3.8) is 0 Å². The zero-order valence-electron chi connectivity index (χ0n) is 11.6. The Balaban J connectivity index is 1.80. The number of nitrogens with two attached hydrogens (primary N) is 1. The van der Waals surface area contributed by atoms with Gasteiger partial charge in [-0.25, -0.2) is 0 Å².